The Morgan fingerprint density at radius 2 is 1.79 bits per heavy atom. The number of nitrogens with two attached hydrogens (primary N) is 2. The maximum atomic E-state index is 9.33. The van der Waals surface area contributed by atoms with E-state index in [2.05, 4.69) is 0 Å². The number of benzene rings is 1. The van der Waals surface area contributed by atoms with Crippen LogP contribution in [0.4, 0.5) is 11.4 Å². The van der Waals surface area contributed by atoms with Gasteiger partial charge in [-0.1, -0.05) is 9.69 Å². The Morgan fingerprint density at radius 1 is 1.14 bits per heavy atom. The van der Waals surface area contributed by atoms with Gasteiger partial charge in [0.05, 0.1) is 5.39 Å². The maximum Gasteiger partial charge on any atom is 0.195 e. The number of nitrogens with zero attached hydrogens (tertiary/aromatic N) is 2. The zero-order chi connectivity index (χ0) is 10.5. The molecule has 2 rings (SSSR count). The molecular formula is C7H9N5O2. The molecule has 0 atom stereocenters. The van der Waals surface area contributed by atoms with E-state index in [0.717, 1.165) is 0 Å². The summed E-state index contributed by atoms with van der Waals surface area (Å²) in [5, 5.41) is 26.2. The van der Waals surface area contributed by atoms with Crippen LogP contribution in [0.15, 0.2) is 12.1 Å². The number of hydrogen-bond acceptors (Lipinski definition) is 5. The van der Waals surface area contributed by atoms with Gasteiger partial charge in [-0.05, 0) is 12.1 Å². The molecule has 0 saturated heterocycles. The molecule has 0 aliphatic rings. The third kappa shape index (κ3) is 0.830. The lowest BCUT2D eigenvalue weighted by Gasteiger charge is -1.99. The predicted molar refractivity (Wildman–Crippen MR) is 49.0 cm³/mol. The maximum absolute atomic E-state index is 9.33. The van der Waals surface area contributed by atoms with Gasteiger partial charge >= 0.3 is 0 Å². The molecule has 0 aliphatic carbocycles. The average molecular weight is 195 g/mol. The van der Waals surface area contributed by atoms with E-state index in [-0.39, 0.29) is 26.9 Å². The van der Waals surface area contributed by atoms with Crippen LogP contribution in [0.3, 0.4) is 0 Å². The summed E-state index contributed by atoms with van der Waals surface area (Å²) in [5.74, 6) is 0. The minimum Gasteiger partial charge on any atom is -0.410 e. The highest BCUT2D eigenvalue weighted by Crippen LogP contribution is 2.20. The number of rotatable bonds is 0. The molecule has 0 saturated carbocycles. The van der Waals surface area contributed by atoms with Gasteiger partial charge in [-0.15, -0.1) is 0 Å². The van der Waals surface area contributed by atoms with Gasteiger partial charge < -0.3 is 21.9 Å². The lowest BCUT2D eigenvalue weighted by atomic mass is 10.2. The highest BCUT2D eigenvalue weighted by Gasteiger charge is 2.12. The van der Waals surface area contributed by atoms with Gasteiger partial charge in [0.1, 0.15) is 5.52 Å². The Hall–Kier alpha value is -2.31. The number of aromatic nitrogens is 2. The van der Waals surface area contributed by atoms with Gasteiger partial charge in [-0.3, -0.25) is 5.41 Å². The van der Waals surface area contributed by atoms with Crippen molar-refractivity contribution < 1.29 is 10.4 Å². The molecule has 7 nitrogen and oxygen atoms in total. The van der Waals surface area contributed by atoms with E-state index in [4.69, 9.17) is 16.9 Å². The van der Waals surface area contributed by atoms with Crippen LogP contribution in [0.2, 0.25) is 0 Å². The molecule has 0 aliphatic heterocycles. The van der Waals surface area contributed by atoms with E-state index in [1.165, 1.54) is 12.1 Å². The Labute approximate surface area is 77.8 Å². The summed E-state index contributed by atoms with van der Waals surface area (Å²) >= 11 is 0. The summed E-state index contributed by atoms with van der Waals surface area (Å²) in [6.45, 7) is 0. The van der Waals surface area contributed by atoms with E-state index >= 15 is 0 Å². The first kappa shape index (κ1) is 8.30. The Morgan fingerprint density at radius 3 is 2.43 bits per heavy atom. The SMILES string of the molecule is N=c1c2c(N)cc(N)cc2n(O)n1O. The molecule has 1 heterocycles. The number of nitrogen functional groups attached to an aromatic ring is 2. The third-order valence-corrected chi connectivity index (χ3v) is 2.00. The smallest absolute Gasteiger partial charge is 0.195 e. The van der Waals surface area contributed by atoms with Gasteiger partial charge in [0, 0.05) is 11.4 Å². The van der Waals surface area contributed by atoms with E-state index < -0.39 is 0 Å². The van der Waals surface area contributed by atoms with E-state index in [1.54, 1.807) is 0 Å². The zero-order valence-corrected chi connectivity index (χ0v) is 7.10. The summed E-state index contributed by atoms with van der Waals surface area (Å²) in [7, 11) is 0. The fraction of sp³-hybridized carbons (Fsp3) is 0. The van der Waals surface area contributed by atoms with Crippen LogP contribution in [-0.2, 0) is 0 Å². The molecule has 0 fully saturated rings. The lowest BCUT2D eigenvalue weighted by Crippen LogP contribution is -2.19. The number of anilines is 2. The van der Waals surface area contributed by atoms with Gasteiger partial charge in [-0.2, -0.15) is 0 Å². The lowest BCUT2D eigenvalue weighted by molar-refractivity contribution is -0.0104. The minimum atomic E-state index is -0.292. The standard InChI is InChI=1S/C7H9N5O2/c8-3-1-4(9)6-5(2-3)11(13)12(14)7(6)10/h1-2,10,13-14H,8-9H2. The van der Waals surface area contributed by atoms with Crippen LogP contribution in [0, 0.1) is 5.41 Å². The van der Waals surface area contributed by atoms with E-state index in [1.807, 2.05) is 0 Å². The van der Waals surface area contributed by atoms with E-state index in [9.17, 15) is 10.4 Å². The zero-order valence-electron chi connectivity index (χ0n) is 7.10. The molecule has 1 aromatic carbocycles. The third-order valence-electron chi connectivity index (χ3n) is 2.00. The molecular weight excluding hydrogens is 186 g/mol. The Balaban J connectivity index is 3.10. The van der Waals surface area contributed by atoms with Gasteiger partial charge in [0.25, 0.3) is 0 Å². The van der Waals surface area contributed by atoms with Crippen molar-refractivity contribution in [3.05, 3.63) is 17.6 Å². The largest absolute Gasteiger partial charge is 0.410 e. The normalized spacial score (nSPS) is 10.9. The van der Waals surface area contributed by atoms with Gasteiger partial charge in [0.2, 0.25) is 0 Å². The fourth-order valence-corrected chi connectivity index (χ4v) is 1.38. The Kier molecular flexibility index (Phi) is 1.39. The summed E-state index contributed by atoms with van der Waals surface area (Å²) < 4.78 is 0. The molecule has 0 radical (unpaired) electrons. The molecule has 2 aromatic rings. The van der Waals surface area contributed by atoms with Crippen molar-refractivity contribution in [3.8, 4) is 0 Å². The number of nitrogens with one attached hydrogen (secondary N) is 1. The van der Waals surface area contributed by atoms with Crippen LogP contribution in [0.25, 0.3) is 10.9 Å². The molecule has 1 aromatic heterocycles. The first-order chi connectivity index (χ1) is 6.52. The molecule has 0 spiro atoms. The van der Waals surface area contributed by atoms with Crippen molar-refractivity contribution in [2.45, 2.75) is 0 Å². The topological polar surface area (TPSA) is 126 Å². The van der Waals surface area contributed by atoms with Crippen molar-refractivity contribution in [1.82, 2.24) is 9.69 Å². The quantitative estimate of drug-likeness (QED) is 0.288. The summed E-state index contributed by atoms with van der Waals surface area (Å²) in [4.78, 5) is 0.685. The highest BCUT2D eigenvalue weighted by atomic mass is 16.6. The fourth-order valence-electron chi connectivity index (χ4n) is 1.38. The Bertz CT molecular complexity index is 567. The van der Waals surface area contributed by atoms with Crippen LogP contribution in [0.1, 0.15) is 0 Å². The molecule has 14 heavy (non-hydrogen) atoms. The van der Waals surface area contributed by atoms with Crippen molar-refractivity contribution in [1.29, 1.82) is 5.41 Å². The second kappa shape index (κ2) is 2.34. The van der Waals surface area contributed by atoms with Crippen molar-refractivity contribution >= 4 is 22.3 Å². The van der Waals surface area contributed by atoms with Crippen molar-refractivity contribution in [2.24, 2.45) is 0 Å². The highest BCUT2D eigenvalue weighted by molar-refractivity contribution is 5.92. The molecule has 0 unspecified atom stereocenters. The molecule has 74 valence electrons. The molecule has 0 bridgehead atoms. The van der Waals surface area contributed by atoms with E-state index in [0.29, 0.717) is 10.5 Å². The van der Waals surface area contributed by atoms with Crippen LogP contribution in [-0.4, -0.2) is 20.1 Å². The second-order valence-electron chi connectivity index (χ2n) is 2.93. The summed E-state index contributed by atoms with van der Waals surface area (Å²) in [5.41, 5.74) is 11.6. The minimum absolute atomic E-state index is 0.190. The monoisotopic (exact) mass is 195 g/mol. The van der Waals surface area contributed by atoms with Crippen LogP contribution < -0.4 is 17.0 Å². The molecule has 7 N–H and O–H groups in total. The summed E-state index contributed by atoms with van der Waals surface area (Å²) in [6, 6.07) is 2.87. The van der Waals surface area contributed by atoms with Gasteiger partial charge in [-0.25, -0.2) is 0 Å². The molecule has 7 heteroatoms. The van der Waals surface area contributed by atoms with Crippen molar-refractivity contribution in [3.63, 3.8) is 0 Å². The first-order valence-electron chi connectivity index (χ1n) is 3.78. The first-order valence-corrected chi connectivity index (χ1v) is 3.78. The average Bonchev–Trinajstić information content (AvgIpc) is 2.31. The van der Waals surface area contributed by atoms with Gasteiger partial charge in [0.15, 0.2) is 5.49 Å². The van der Waals surface area contributed by atoms with Crippen LogP contribution >= 0.6 is 0 Å². The van der Waals surface area contributed by atoms with Crippen molar-refractivity contribution in [2.75, 3.05) is 11.5 Å². The molecule has 0 amide bonds. The number of fused-ring (bicyclic) bond motifs is 1. The number of hydrogen-bond donors (Lipinski definition) is 5. The second-order valence-corrected chi connectivity index (χ2v) is 2.93. The van der Waals surface area contributed by atoms with Crippen LogP contribution in [0.5, 0.6) is 0 Å². The summed E-state index contributed by atoms with van der Waals surface area (Å²) in [6.07, 6.45) is 0. The predicted octanol–water partition coefficient (Wildman–Crippen LogP) is -0.439.